The smallest absolute Gasteiger partial charge is 0.141 e. The summed E-state index contributed by atoms with van der Waals surface area (Å²) in [7, 11) is 0. The van der Waals surface area contributed by atoms with Crippen LogP contribution in [-0.2, 0) is 6.54 Å². The molecule has 0 radical (unpaired) electrons. The van der Waals surface area contributed by atoms with Crippen LogP contribution in [-0.4, -0.2) is 14.7 Å². The van der Waals surface area contributed by atoms with Gasteiger partial charge in [0.1, 0.15) is 5.76 Å². The Morgan fingerprint density at radius 2 is 1.92 bits per heavy atom. The van der Waals surface area contributed by atoms with Gasteiger partial charge in [-0.1, -0.05) is 23.4 Å². The predicted octanol–water partition coefficient (Wildman–Crippen LogP) is 4.23. The Labute approximate surface area is 145 Å². The molecule has 0 unspecified atom stereocenters. The molecule has 0 saturated carbocycles. The van der Waals surface area contributed by atoms with E-state index < -0.39 is 0 Å². The molecule has 0 saturated heterocycles. The molecule has 0 spiro atoms. The van der Waals surface area contributed by atoms with Gasteiger partial charge in [-0.3, -0.25) is 0 Å². The van der Waals surface area contributed by atoms with Crippen LogP contribution in [0.25, 0.3) is 22.2 Å². The molecule has 2 heterocycles. The predicted molar refractivity (Wildman–Crippen MR) is 95.0 cm³/mol. The monoisotopic (exact) mass is 328 g/mol. The zero-order valence-electron chi connectivity index (χ0n) is 14.0. The van der Waals surface area contributed by atoms with E-state index in [1.165, 1.54) is 0 Å². The molecule has 0 aliphatic carbocycles. The van der Waals surface area contributed by atoms with Gasteiger partial charge >= 0.3 is 0 Å². The van der Waals surface area contributed by atoms with E-state index >= 15 is 0 Å². The van der Waals surface area contributed by atoms with Crippen molar-refractivity contribution in [2.45, 2.75) is 20.4 Å². The highest BCUT2D eigenvalue weighted by Gasteiger charge is 2.13. The van der Waals surface area contributed by atoms with Crippen molar-refractivity contribution in [3.63, 3.8) is 0 Å². The molecule has 0 N–H and O–H groups in total. The first-order valence-electron chi connectivity index (χ1n) is 8.03. The van der Waals surface area contributed by atoms with E-state index in [4.69, 9.17) is 9.78 Å². The zero-order valence-corrected chi connectivity index (χ0v) is 14.0. The average molecular weight is 328 g/mol. The number of nitrogens with zero attached hydrogens (tertiary/aromatic N) is 4. The van der Waals surface area contributed by atoms with Crippen molar-refractivity contribution in [3.05, 3.63) is 71.4 Å². The van der Waals surface area contributed by atoms with Crippen LogP contribution in [0, 0.1) is 25.2 Å². The van der Waals surface area contributed by atoms with Gasteiger partial charge in [-0.05, 0) is 49.2 Å². The van der Waals surface area contributed by atoms with E-state index in [1.807, 2.05) is 56.6 Å². The summed E-state index contributed by atoms with van der Waals surface area (Å²) in [6.45, 7) is 4.57. The van der Waals surface area contributed by atoms with Crippen LogP contribution in [0.3, 0.4) is 0 Å². The number of fused-ring (bicyclic) bond motifs is 1. The van der Waals surface area contributed by atoms with E-state index in [9.17, 15) is 0 Å². The zero-order chi connectivity index (χ0) is 17.4. The first kappa shape index (κ1) is 15.2. The molecule has 0 aliphatic rings. The number of hydrogen-bond donors (Lipinski definition) is 0. The van der Waals surface area contributed by atoms with E-state index in [1.54, 1.807) is 0 Å². The van der Waals surface area contributed by atoms with Crippen LogP contribution in [0.5, 0.6) is 0 Å². The summed E-state index contributed by atoms with van der Waals surface area (Å²) >= 11 is 0. The van der Waals surface area contributed by atoms with Crippen LogP contribution in [0.1, 0.15) is 22.6 Å². The van der Waals surface area contributed by atoms with E-state index in [0.29, 0.717) is 12.1 Å². The average Bonchev–Trinajstić information content (AvgIpc) is 3.18. The van der Waals surface area contributed by atoms with Crippen molar-refractivity contribution < 1.29 is 4.52 Å². The Hall–Kier alpha value is -3.39. The number of benzene rings is 2. The highest BCUT2D eigenvalue weighted by molar-refractivity contribution is 5.83. The van der Waals surface area contributed by atoms with Crippen LogP contribution in [0.4, 0.5) is 0 Å². The fourth-order valence-corrected chi connectivity index (χ4v) is 3.11. The number of aryl methyl sites for hydroxylation is 2. The first-order valence-corrected chi connectivity index (χ1v) is 8.03. The summed E-state index contributed by atoms with van der Waals surface area (Å²) in [6.07, 6.45) is 1.85. The molecule has 5 heteroatoms. The lowest BCUT2D eigenvalue weighted by atomic mass is 10.0. The van der Waals surface area contributed by atoms with Gasteiger partial charge in [0.25, 0.3) is 0 Å². The maximum absolute atomic E-state index is 8.91. The second-order valence-corrected chi connectivity index (χ2v) is 6.08. The van der Waals surface area contributed by atoms with Gasteiger partial charge in [0.05, 0.1) is 34.7 Å². The minimum absolute atomic E-state index is 0.667. The molecule has 122 valence electrons. The third-order valence-electron chi connectivity index (χ3n) is 4.38. The summed E-state index contributed by atoms with van der Waals surface area (Å²) in [5.74, 6) is 0.815. The number of aromatic nitrogens is 3. The summed E-state index contributed by atoms with van der Waals surface area (Å²) < 4.78 is 7.40. The quantitative estimate of drug-likeness (QED) is 0.564. The minimum atomic E-state index is 0.667. The van der Waals surface area contributed by atoms with Crippen LogP contribution in [0.15, 0.2) is 53.3 Å². The van der Waals surface area contributed by atoms with E-state index in [2.05, 4.69) is 26.8 Å². The van der Waals surface area contributed by atoms with Gasteiger partial charge in [0.2, 0.25) is 0 Å². The molecular formula is C20H16N4O. The Morgan fingerprint density at radius 3 is 2.60 bits per heavy atom. The normalized spacial score (nSPS) is 10.9. The van der Waals surface area contributed by atoms with Crippen molar-refractivity contribution in [2.24, 2.45) is 0 Å². The van der Waals surface area contributed by atoms with Crippen molar-refractivity contribution in [1.82, 2.24) is 14.7 Å². The van der Waals surface area contributed by atoms with Gasteiger partial charge < -0.3 is 9.09 Å². The van der Waals surface area contributed by atoms with Gasteiger partial charge in [0.15, 0.2) is 0 Å². The highest BCUT2D eigenvalue weighted by atomic mass is 16.5. The maximum Gasteiger partial charge on any atom is 0.141 e. The topological polar surface area (TPSA) is 67.6 Å². The number of hydrogen-bond acceptors (Lipinski definition) is 4. The number of nitriles is 1. The van der Waals surface area contributed by atoms with Crippen LogP contribution >= 0.6 is 0 Å². The molecule has 5 nitrogen and oxygen atoms in total. The van der Waals surface area contributed by atoms with Crippen LogP contribution in [0.2, 0.25) is 0 Å². The SMILES string of the molecule is Cc1noc(C)c1-c1ccc2ncn(Cc3ccc(C#N)cc3)c2c1. The third kappa shape index (κ3) is 2.68. The molecule has 0 atom stereocenters. The molecule has 0 fully saturated rings. The molecule has 25 heavy (non-hydrogen) atoms. The van der Waals surface area contributed by atoms with Crippen molar-refractivity contribution >= 4 is 11.0 Å². The van der Waals surface area contributed by atoms with E-state index in [-0.39, 0.29) is 0 Å². The Kier molecular flexibility index (Phi) is 3.58. The number of imidazole rings is 1. The standard InChI is InChI=1S/C20H16N4O/c1-13-20(14(2)25-23-13)17-7-8-18-19(9-17)24(12-22-18)11-16-5-3-15(10-21)4-6-16/h3-9,12H,11H2,1-2H3. The Morgan fingerprint density at radius 1 is 1.12 bits per heavy atom. The van der Waals surface area contributed by atoms with Crippen LogP contribution < -0.4 is 0 Å². The molecule has 4 rings (SSSR count). The second kappa shape index (κ2) is 5.91. The number of rotatable bonds is 3. The van der Waals surface area contributed by atoms with Gasteiger partial charge in [-0.2, -0.15) is 5.26 Å². The van der Waals surface area contributed by atoms with Crippen molar-refractivity contribution in [3.8, 4) is 17.2 Å². The molecule has 2 aromatic carbocycles. The fourth-order valence-electron chi connectivity index (χ4n) is 3.11. The van der Waals surface area contributed by atoms with Crippen molar-refractivity contribution in [1.29, 1.82) is 5.26 Å². The Bertz CT molecular complexity index is 1080. The molecule has 2 aromatic heterocycles. The lowest BCUT2D eigenvalue weighted by Gasteiger charge is -2.06. The van der Waals surface area contributed by atoms with Gasteiger partial charge in [-0.15, -0.1) is 0 Å². The first-order chi connectivity index (χ1) is 12.2. The summed E-state index contributed by atoms with van der Waals surface area (Å²) in [6, 6.07) is 16.0. The lowest BCUT2D eigenvalue weighted by molar-refractivity contribution is 0.393. The van der Waals surface area contributed by atoms with Gasteiger partial charge in [0, 0.05) is 12.1 Å². The maximum atomic E-state index is 8.91. The Balaban J connectivity index is 1.75. The largest absolute Gasteiger partial charge is 0.361 e. The lowest BCUT2D eigenvalue weighted by Crippen LogP contribution is -1.98. The molecule has 0 aliphatic heterocycles. The second-order valence-electron chi connectivity index (χ2n) is 6.08. The molecule has 4 aromatic rings. The minimum Gasteiger partial charge on any atom is -0.361 e. The summed E-state index contributed by atoms with van der Waals surface area (Å²) in [5.41, 5.74) is 6.79. The van der Waals surface area contributed by atoms with E-state index in [0.717, 1.165) is 39.2 Å². The van der Waals surface area contributed by atoms with Crippen molar-refractivity contribution in [2.75, 3.05) is 0 Å². The fraction of sp³-hybridized carbons (Fsp3) is 0.150. The molecular weight excluding hydrogens is 312 g/mol. The molecule has 0 amide bonds. The highest BCUT2D eigenvalue weighted by Crippen LogP contribution is 2.29. The molecule has 0 bridgehead atoms. The summed E-state index contributed by atoms with van der Waals surface area (Å²) in [5, 5.41) is 13.0. The van der Waals surface area contributed by atoms with Gasteiger partial charge in [-0.25, -0.2) is 4.98 Å². The third-order valence-corrected chi connectivity index (χ3v) is 4.38. The summed E-state index contributed by atoms with van der Waals surface area (Å²) in [4.78, 5) is 4.49.